The fourth-order valence-electron chi connectivity index (χ4n) is 1.14. The highest BCUT2D eigenvalue weighted by atomic mass is 79.9. The summed E-state index contributed by atoms with van der Waals surface area (Å²) >= 11 is 8.59. The van der Waals surface area contributed by atoms with E-state index in [4.69, 9.17) is 11.6 Å². The zero-order valence-electron chi connectivity index (χ0n) is 8.13. The summed E-state index contributed by atoms with van der Waals surface area (Å²) in [6.07, 6.45) is 1.19. The van der Waals surface area contributed by atoms with Gasteiger partial charge in [0.2, 0.25) is 5.91 Å². The first-order chi connectivity index (χ1) is 7.60. The Morgan fingerprint density at radius 3 is 2.69 bits per heavy atom. The van der Waals surface area contributed by atoms with Gasteiger partial charge in [-0.3, -0.25) is 14.6 Å². The molecular formula is C8H9BrClN3O3. The summed E-state index contributed by atoms with van der Waals surface area (Å²) in [6.45, 7) is 0.292. The van der Waals surface area contributed by atoms with Crippen molar-refractivity contribution in [2.45, 2.75) is 0 Å². The lowest BCUT2D eigenvalue weighted by Gasteiger charge is -2.19. The lowest BCUT2D eigenvalue weighted by atomic mass is 10.4. The van der Waals surface area contributed by atoms with Crippen LogP contribution in [0.2, 0.25) is 0 Å². The number of halogens is 2. The molecule has 88 valence electrons. The summed E-state index contributed by atoms with van der Waals surface area (Å²) in [7, 11) is 0. The molecule has 2 N–H and O–H groups in total. The molecule has 0 aliphatic rings. The molecule has 0 saturated carbocycles. The smallest absolute Gasteiger partial charge is 0.312 e. The van der Waals surface area contributed by atoms with Gasteiger partial charge in [-0.15, -0.1) is 11.6 Å². The molecular weight excluding hydrogens is 301 g/mol. The Bertz CT molecular complexity index is 484. The average molecular weight is 311 g/mol. The number of rotatable bonds is 4. The average Bonchev–Trinajstić information content (AvgIpc) is 2.26. The maximum Gasteiger partial charge on any atom is 0.325 e. The largest absolute Gasteiger partial charge is 0.325 e. The molecule has 0 fully saturated rings. The Morgan fingerprint density at radius 2 is 2.19 bits per heavy atom. The van der Waals surface area contributed by atoms with Crippen molar-refractivity contribution in [1.29, 1.82) is 0 Å². The predicted molar refractivity (Wildman–Crippen MR) is 64.6 cm³/mol. The van der Waals surface area contributed by atoms with Crippen LogP contribution in [0.5, 0.6) is 0 Å². The van der Waals surface area contributed by atoms with Crippen LogP contribution in [0.1, 0.15) is 0 Å². The van der Waals surface area contributed by atoms with Gasteiger partial charge < -0.3 is 9.88 Å². The van der Waals surface area contributed by atoms with Gasteiger partial charge in [-0.1, -0.05) is 15.9 Å². The molecule has 0 aliphatic heterocycles. The first-order valence-corrected chi connectivity index (χ1v) is 6.00. The van der Waals surface area contributed by atoms with Crippen LogP contribution in [0.3, 0.4) is 0 Å². The maximum absolute atomic E-state index is 11.5. The minimum absolute atomic E-state index is 0.0738. The Kier molecular flexibility index (Phi) is 4.75. The number of carbonyl (C=O) groups excluding carboxylic acids is 1. The van der Waals surface area contributed by atoms with Gasteiger partial charge in [0.25, 0.3) is 5.56 Å². The van der Waals surface area contributed by atoms with Crippen LogP contribution in [0.4, 0.5) is 5.69 Å². The van der Waals surface area contributed by atoms with Crippen molar-refractivity contribution in [2.24, 2.45) is 0 Å². The van der Waals surface area contributed by atoms with Crippen molar-refractivity contribution in [2.75, 3.05) is 22.7 Å². The van der Waals surface area contributed by atoms with E-state index in [9.17, 15) is 14.4 Å². The first kappa shape index (κ1) is 13.0. The van der Waals surface area contributed by atoms with Crippen LogP contribution in [-0.4, -0.2) is 33.6 Å². The van der Waals surface area contributed by atoms with E-state index in [0.29, 0.717) is 11.9 Å². The lowest BCUT2D eigenvalue weighted by molar-refractivity contribution is -0.116. The topological polar surface area (TPSA) is 86.0 Å². The van der Waals surface area contributed by atoms with Gasteiger partial charge >= 0.3 is 5.69 Å². The maximum atomic E-state index is 11.5. The molecule has 1 amide bonds. The van der Waals surface area contributed by atoms with Crippen LogP contribution in [0.25, 0.3) is 0 Å². The third-order valence-corrected chi connectivity index (χ3v) is 2.40. The number of nitrogens with one attached hydrogen (secondary N) is 2. The Hall–Kier alpha value is -1.08. The predicted octanol–water partition coefficient (Wildman–Crippen LogP) is 0.0299. The minimum Gasteiger partial charge on any atom is -0.312 e. The molecule has 0 aliphatic carbocycles. The van der Waals surface area contributed by atoms with Crippen molar-refractivity contribution >= 4 is 39.1 Å². The molecule has 0 spiro atoms. The zero-order chi connectivity index (χ0) is 12.1. The number of hydrogen-bond donors (Lipinski definition) is 2. The second kappa shape index (κ2) is 5.86. The van der Waals surface area contributed by atoms with E-state index in [1.807, 2.05) is 4.98 Å². The Balaban J connectivity index is 3.15. The van der Waals surface area contributed by atoms with Crippen molar-refractivity contribution in [3.05, 3.63) is 27.0 Å². The van der Waals surface area contributed by atoms with Gasteiger partial charge in [-0.25, -0.2) is 4.79 Å². The lowest BCUT2D eigenvalue weighted by Crippen LogP contribution is -2.39. The van der Waals surface area contributed by atoms with Crippen molar-refractivity contribution < 1.29 is 4.79 Å². The number of anilines is 1. The van der Waals surface area contributed by atoms with E-state index in [-0.39, 0.29) is 11.6 Å². The summed E-state index contributed by atoms with van der Waals surface area (Å²) in [4.78, 5) is 39.3. The summed E-state index contributed by atoms with van der Waals surface area (Å²) in [5.41, 5.74) is -1.17. The van der Waals surface area contributed by atoms with Gasteiger partial charge in [0.1, 0.15) is 11.6 Å². The molecule has 8 heteroatoms. The highest BCUT2D eigenvalue weighted by Crippen LogP contribution is 2.06. The van der Waals surface area contributed by atoms with Crippen molar-refractivity contribution in [3.8, 4) is 0 Å². The van der Waals surface area contributed by atoms with Gasteiger partial charge in [0.05, 0.1) is 0 Å². The number of carbonyl (C=O) groups is 1. The quantitative estimate of drug-likeness (QED) is 0.769. The van der Waals surface area contributed by atoms with E-state index in [0.717, 1.165) is 0 Å². The van der Waals surface area contributed by atoms with Gasteiger partial charge in [-0.2, -0.15) is 0 Å². The van der Waals surface area contributed by atoms with Crippen molar-refractivity contribution in [3.63, 3.8) is 0 Å². The van der Waals surface area contributed by atoms with Crippen LogP contribution in [-0.2, 0) is 4.79 Å². The van der Waals surface area contributed by atoms with Crippen LogP contribution in [0, 0.1) is 0 Å². The summed E-state index contributed by atoms with van der Waals surface area (Å²) in [6, 6.07) is 0. The first-order valence-electron chi connectivity index (χ1n) is 4.34. The van der Waals surface area contributed by atoms with Crippen LogP contribution >= 0.6 is 27.5 Å². The van der Waals surface area contributed by atoms with Crippen molar-refractivity contribution in [1.82, 2.24) is 9.97 Å². The van der Waals surface area contributed by atoms with E-state index in [2.05, 4.69) is 20.9 Å². The second-order valence-electron chi connectivity index (χ2n) is 2.83. The number of alkyl halides is 2. The van der Waals surface area contributed by atoms with E-state index in [1.54, 1.807) is 0 Å². The van der Waals surface area contributed by atoms with Crippen LogP contribution < -0.4 is 16.1 Å². The summed E-state index contributed by atoms with van der Waals surface area (Å²) in [5.74, 6) is -0.635. The molecule has 16 heavy (non-hydrogen) atoms. The normalized spacial score (nSPS) is 10.1. The Morgan fingerprint density at radius 1 is 1.50 bits per heavy atom. The number of nitrogens with zero attached hydrogens (tertiary/aromatic N) is 1. The fourth-order valence-corrected chi connectivity index (χ4v) is 1.64. The fraction of sp³-hybridized carbons (Fsp3) is 0.375. The standard InChI is InChI=1S/C8H9BrClN3O3/c9-1-2-13(6(14)3-10)5-4-11-8(16)12-7(5)15/h4H,1-3H2,(H2,11,12,15,16). The number of H-pyrrole nitrogens is 2. The number of amides is 1. The molecule has 0 aromatic carbocycles. The molecule has 1 rings (SSSR count). The third kappa shape index (κ3) is 2.96. The highest BCUT2D eigenvalue weighted by Gasteiger charge is 2.17. The van der Waals surface area contributed by atoms with Gasteiger partial charge in [0.15, 0.2) is 0 Å². The molecule has 0 bridgehead atoms. The summed E-state index contributed by atoms with van der Waals surface area (Å²) < 4.78 is 0. The molecule has 1 aromatic heterocycles. The monoisotopic (exact) mass is 309 g/mol. The molecule has 1 heterocycles. The van der Waals surface area contributed by atoms with E-state index >= 15 is 0 Å². The second-order valence-corrected chi connectivity index (χ2v) is 3.89. The molecule has 0 atom stereocenters. The number of hydrogen-bond acceptors (Lipinski definition) is 3. The summed E-state index contributed by atoms with van der Waals surface area (Å²) in [5, 5.41) is 0.494. The third-order valence-electron chi connectivity index (χ3n) is 1.81. The molecule has 0 radical (unpaired) electrons. The number of aromatic amines is 2. The highest BCUT2D eigenvalue weighted by molar-refractivity contribution is 9.09. The Labute approximate surface area is 104 Å². The molecule has 0 saturated heterocycles. The minimum atomic E-state index is -0.622. The molecule has 0 unspecified atom stereocenters. The SMILES string of the molecule is O=C(CCl)N(CCBr)c1c[nH]c(=O)[nH]c1=O. The molecule has 6 nitrogen and oxygen atoms in total. The number of aromatic nitrogens is 2. The van der Waals surface area contributed by atoms with E-state index in [1.165, 1.54) is 11.1 Å². The van der Waals surface area contributed by atoms with Gasteiger partial charge in [0, 0.05) is 18.1 Å². The molecule has 1 aromatic rings. The van der Waals surface area contributed by atoms with Crippen LogP contribution in [0.15, 0.2) is 15.8 Å². The van der Waals surface area contributed by atoms with E-state index < -0.39 is 17.2 Å². The zero-order valence-corrected chi connectivity index (χ0v) is 10.5. The van der Waals surface area contributed by atoms with Gasteiger partial charge in [-0.05, 0) is 0 Å².